The number of rotatable bonds is 4. The highest BCUT2D eigenvalue weighted by atomic mass is 19.4. The Morgan fingerprint density at radius 3 is 1.91 bits per heavy atom. The maximum Gasteiger partial charge on any atom is 0.416 e. The maximum absolute atomic E-state index is 12.9. The first-order chi connectivity index (χ1) is 15.1. The van der Waals surface area contributed by atoms with Gasteiger partial charge in [-0.25, -0.2) is 0 Å². The molecular formula is C21H25F3N4O4. The summed E-state index contributed by atoms with van der Waals surface area (Å²) in [6.07, 6.45) is -1.49. The molecule has 4 rings (SSSR count). The van der Waals surface area contributed by atoms with Gasteiger partial charge in [0.05, 0.1) is 10.5 Å². The summed E-state index contributed by atoms with van der Waals surface area (Å²) in [6.45, 7) is 2.47. The van der Waals surface area contributed by atoms with E-state index in [9.17, 15) is 32.9 Å². The van der Waals surface area contributed by atoms with Crippen LogP contribution in [0.4, 0.5) is 24.5 Å². The Morgan fingerprint density at radius 1 is 0.875 bits per heavy atom. The number of likely N-dealkylation sites (tertiary alicyclic amines) is 1. The van der Waals surface area contributed by atoms with Crippen molar-refractivity contribution < 1.29 is 27.7 Å². The van der Waals surface area contributed by atoms with Crippen LogP contribution in [0.2, 0.25) is 0 Å². The fraction of sp³-hybridized carbons (Fsp3) is 0.619. The molecule has 0 unspecified atom stereocenters. The van der Waals surface area contributed by atoms with Crippen LogP contribution in [0.1, 0.15) is 31.2 Å². The smallest absolute Gasteiger partial charge is 0.362 e. The van der Waals surface area contributed by atoms with E-state index in [1.165, 1.54) is 0 Å². The highest BCUT2D eigenvalue weighted by Gasteiger charge is 2.38. The predicted molar refractivity (Wildman–Crippen MR) is 109 cm³/mol. The van der Waals surface area contributed by atoms with Gasteiger partial charge in [0.15, 0.2) is 0 Å². The zero-order valence-electron chi connectivity index (χ0n) is 17.5. The number of hydrogen-bond acceptors (Lipinski definition) is 5. The van der Waals surface area contributed by atoms with Crippen LogP contribution in [-0.4, -0.2) is 65.8 Å². The van der Waals surface area contributed by atoms with Crippen molar-refractivity contribution in [3.8, 4) is 0 Å². The van der Waals surface area contributed by atoms with E-state index in [1.54, 1.807) is 9.80 Å². The number of carbonyl (C=O) groups excluding carboxylic acids is 2. The number of halogens is 3. The van der Waals surface area contributed by atoms with Gasteiger partial charge in [-0.2, -0.15) is 13.2 Å². The fourth-order valence-electron chi connectivity index (χ4n) is 4.47. The standard InChI is InChI=1S/C21H25F3N4O4/c22-21(23,24)16-3-4-17(18(13-16)28(31)32)25-9-11-27(12-10-25)20(30)15-5-7-26(8-6-15)19(29)14-1-2-14/h3-4,13-15H,1-2,5-12H2. The molecule has 8 nitrogen and oxygen atoms in total. The van der Waals surface area contributed by atoms with Gasteiger partial charge in [0.1, 0.15) is 5.69 Å². The molecule has 11 heteroatoms. The molecule has 0 atom stereocenters. The summed E-state index contributed by atoms with van der Waals surface area (Å²) >= 11 is 0. The molecule has 3 aliphatic rings. The first kappa shape index (κ1) is 22.3. The Bertz CT molecular complexity index is 903. The zero-order chi connectivity index (χ0) is 23.0. The van der Waals surface area contributed by atoms with Crippen molar-refractivity contribution in [2.24, 2.45) is 11.8 Å². The monoisotopic (exact) mass is 454 g/mol. The second-order valence-electron chi connectivity index (χ2n) is 8.64. The molecule has 1 aromatic carbocycles. The lowest BCUT2D eigenvalue weighted by atomic mass is 9.94. The lowest BCUT2D eigenvalue weighted by Crippen LogP contribution is -2.52. The molecule has 2 amide bonds. The average molecular weight is 454 g/mol. The largest absolute Gasteiger partial charge is 0.416 e. The van der Waals surface area contributed by atoms with Crippen molar-refractivity contribution >= 4 is 23.2 Å². The Morgan fingerprint density at radius 2 is 1.41 bits per heavy atom. The number of nitro groups is 1. The minimum Gasteiger partial charge on any atom is -0.362 e. The third-order valence-electron chi connectivity index (χ3n) is 6.51. The number of nitro benzene ring substituents is 1. The van der Waals surface area contributed by atoms with Crippen LogP contribution in [0.25, 0.3) is 0 Å². The van der Waals surface area contributed by atoms with Crippen LogP contribution in [0, 0.1) is 22.0 Å². The summed E-state index contributed by atoms with van der Waals surface area (Å²) in [4.78, 5) is 40.9. The van der Waals surface area contributed by atoms with E-state index in [-0.39, 0.29) is 29.3 Å². The van der Waals surface area contributed by atoms with Crippen LogP contribution in [0.15, 0.2) is 18.2 Å². The Kier molecular flexibility index (Phi) is 6.00. The van der Waals surface area contributed by atoms with Crippen LogP contribution >= 0.6 is 0 Å². The molecule has 0 radical (unpaired) electrons. The van der Waals surface area contributed by atoms with Crippen molar-refractivity contribution in [3.05, 3.63) is 33.9 Å². The van der Waals surface area contributed by atoms with E-state index < -0.39 is 22.4 Å². The molecule has 1 aliphatic carbocycles. The summed E-state index contributed by atoms with van der Waals surface area (Å²) in [5.41, 5.74) is -1.53. The van der Waals surface area contributed by atoms with Gasteiger partial charge in [0.2, 0.25) is 11.8 Å². The second kappa shape index (κ2) is 8.59. The molecule has 0 N–H and O–H groups in total. The van der Waals surface area contributed by atoms with Crippen molar-refractivity contribution in [3.63, 3.8) is 0 Å². The first-order valence-electron chi connectivity index (χ1n) is 10.8. The number of piperazine rings is 1. The number of hydrogen-bond donors (Lipinski definition) is 0. The number of alkyl halides is 3. The maximum atomic E-state index is 12.9. The third kappa shape index (κ3) is 4.66. The molecular weight excluding hydrogens is 429 g/mol. The summed E-state index contributed by atoms with van der Waals surface area (Å²) in [5.74, 6) is 0.238. The SMILES string of the molecule is O=C(C1CC1)N1CCC(C(=O)N2CCN(c3ccc(C(F)(F)F)cc3[N+](=O)[O-])CC2)CC1. The predicted octanol–water partition coefficient (Wildman–Crippen LogP) is 2.91. The quantitative estimate of drug-likeness (QED) is 0.516. The molecule has 0 spiro atoms. The Hall–Kier alpha value is -2.85. The van der Waals surface area contributed by atoms with Gasteiger partial charge >= 0.3 is 6.18 Å². The number of nitrogens with zero attached hydrogens (tertiary/aromatic N) is 4. The molecule has 2 aliphatic heterocycles. The van der Waals surface area contributed by atoms with Crippen molar-refractivity contribution in [1.29, 1.82) is 0 Å². The topological polar surface area (TPSA) is 87.0 Å². The van der Waals surface area contributed by atoms with Gasteiger partial charge in [-0.15, -0.1) is 0 Å². The van der Waals surface area contributed by atoms with Gasteiger partial charge in [-0.05, 0) is 37.8 Å². The molecule has 2 saturated heterocycles. The minimum atomic E-state index is -4.66. The number of anilines is 1. The zero-order valence-corrected chi connectivity index (χ0v) is 17.5. The molecule has 0 aromatic heterocycles. The number of carbonyl (C=O) groups is 2. The van der Waals surface area contributed by atoms with Gasteiger partial charge in [0, 0.05) is 57.2 Å². The molecule has 32 heavy (non-hydrogen) atoms. The minimum absolute atomic E-state index is 0.0186. The van der Waals surface area contributed by atoms with E-state index in [0.717, 1.165) is 25.0 Å². The molecule has 2 heterocycles. The summed E-state index contributed by atoms with van der Waals surface area (Å²) in [6, 6.07) is 2.53. The van der Waals surface area contributed by atoms with Crippen LogP contribution < -0.4 is 4.90 Å². The highest BCUT2D eigenvalue weighted by molar-refractivity contribution is 5.82. The Labute approximate surface area is 183 Å². The van der Waals surface area contributed by atoms with E-state index in [0.29, 0.717) is 58.2 Å². The highest BCUT2D eigenvalue weighted by Crippen LogP contribution is 2.37. The first-order valence-corrected chi connectivity index (χ1v) is 10.8. The summed E-state index contributed by atoms with van der Waals surface area (Å²) in [7, 11) is 0. The summed E-state index contributed by atoms with van der Waals surface area (Å²) in [5, 5.41) is 11.4. The molecule has 1 saturated carbocycles. The number of piperidine rings is 1. The van der Waals surface area contributed by atoms with E-state index in [1.807, 2.05) is 4.90 Å². The molecule has 0 bridgehead atoms. The lowest BCUT2D eigenvalue weighted by molar-refractivity contribution is -0.384. The second-order valence-corrected chi connectivity index (χ2v) is 8.64. The lowest BCUT2D eigenvalue weighted by Gasteiger charge is -2.39. The molecule has 3 fully saturated rings. The normalized spacial score (nSPS) is 20.4. The number of benzene rings is 1. The van der Waals surface area contributed by atoms with E-state index >= 15 is 0 Å². The fourth-order valence-corrected chi connectivity index (χ4v) is 4.47. The van der Waals surface area contributed by atoms with Crippen LogP contribution in [-0.2, 0) is 15.8 Å². The molecule has 1 aromatic rings. The van der Waals surface area contributed by atoms with Gasteiger partial charge < -0.3 is 14.7 Å². The number of amides is 2. The summed E-state index contributed by atoms with van der Waals surface area (Å²) < 4.78 is 38.8. The molecule has 174 valence electrons. The van der Waals surface area contributed by atoms with Gasteiger partial charge in [-0.1, -0.05) is 0 Å². The van der Waals surface area contributed by atoms with E-state index in [4.69, 9.17) is 0 Å². The van der Waals surface area contributed by atoms with E-state index in [2.05, 4.69) is 0 Å². The average Bonchev–Trinajstić information content (AvgIpc) is 3.63. The van der Waals surface area contributed by atoms with Crippen molar-refractivity contribution in [2.45, 2.75) is 31.9 Å². The van der Waals surface area contributed by atoms with Crippen molar-refractivity contribution in [1.82, 2.24) is 9.80 Å². The van der Waals surface area contributed by atoms with Crippen molar-refractivity contribution in [2.75, 3.05) is 44.2 Å². The van der Waals surface area contributed by atoms with Gasteiger partial charge in [0.25, 0.3) is 5.69 Å². The van der Waals surface area contributed by atoms with Gasteiger partial charge in [-0.3, -0.25) is 19.7 Å². The Balaban J connectivity index is 1.34. The van der Waals surface area contributed by atoms with Crippen LogP contribution in [0.3, 0.4) is 0 Å². The van der Waals surface area contributed by atoms with Crippen LogP contribution in [0.5, 0.6) is 0 Å². The third-order valence-corrected chi connectivity index (χ3v) is 6.51.